The normalized spacial score (nSPS) is 26.2. The number of amides is 1. The molecule has 1 rings (SSSR count). The van der Waals surface area contributed by atoms with Gasteiger partial charge in [-0.1, -0.05) is 0 Å². The molecular weight excluding hydrogens is 244 g/mol. The minimum atomic E-state index is -0.180. The van der Waals surface area contributed by atoms with E-state index in [2.05, 4.69) is 0 Å². The van der Waals surface area contributed by atoms with Gasteiger partial charge in [-0.3, -0.25) is 4.79 Å². The Balaban J connectivity index is 0.00000256. The zero-order valence-electron chi connectivity index (χ0n) is 10.7. The standard InChI is InChI=1S/C11H22N2O3.ClH/c1-8-6-13(7-9(2)16-8)11(14)4-10(5-12)15-3;/h8-10H,4-7,12H2,1-3H3;1H. The van der Waals surface area contributed by atoms with E-state index in [0.717, 1.165) is 0 Å². The van der Waals surface area contributed by atoms with Gasteiger partial charge in [-0.15, -0.1) is 12.4 Å². The highest BCUT2D eigenvalue weighted by Gasteiger charge is 2.26. The summed E-state index contributed by atoms with van der Waals surface area (Å²) in [6.07, 6.45) is 0.381. The van der Waals surface area contributed by atoms with Crippen molar-refractivity contribution in [3.8, 4) is 0 Å². The summed E-state index contributed by atoms with van der Waals surface area (Å²) in [6, 6.07) is 0. The van der Waals surface area contributed by atoms with Crippen molar-refractivity contribution < 1.29 is 14.3 Å². The van der Waals surface area contributed by atoms with Crippen LogP contribution in [0, 0.1) is 0 Å². The molecule has 3 atom stereocenters. The molecule has 2 N–H and O–H groups in total. The number of hydrogen-bond acceptors (Lipinski definition) is 4. The van der Waals surface area contributed by atoms with Crippen LogP contribution in [0.1, 0.15) is 20.3 Å². The number of halogens is 1. The van der Waals surface area contributed by atoms with Crippen LogP contribution in [0.4, 0.5) is 0 Å². The first-order valence-corrected chi connectivity index (χ1v) is 5.73. The van der Waals surface area contributed by atoms with Crippen molar-refractivity contribution in [1.82, 2.24) is 4.90 Å². The van der Waals surface area contributed by atoms with Gasteiger partial charge in [0.1, 0.15) is 0 Å². The molecule has 6 heteroatoms. The molecule has 1 fully saturated rings. The molecule has 1 aliphatic heterocycles. The van der Waals surface area contributed by atoms with E-state index in [1.54, 1.807) is 7.11 Å². The van der Waals surface area contributed by atoms with Crippen LogP contribution in [0.25, 0.3) is 0 Å². The summed E-state index contributed by atoms with van der Waals surface area (Å²) in [5, 5.41) is 0. The third-order valence-electron chi connectivity index (χ3n) is 2.77. The van der Waals surface area contributed by atoms with Gasteiger partial charge in [0, 0.05) is 26.7 Å². The van der Waals surface area contributed by atoms with Crippen molar-refractivity contribution in [2.45, 2.75) is 38.6 Å². The first-order valence-electron chi connectivity index (χ1n) is 5.73. The molecule has 5 nitrogen and oxygen atoms in total. The van der Waals surface area contributed by atoms with Crippen molar-refractivity contribution in [3.63, 3.8) is 0 Å². The predicted molar refractivity (Wildman–Crippen MR) is 68.3 cm³/mol. The number of hydrogen-bond donors (Lipinski definition) is 1. The second kappa shape index (κ2) is 7.87. The monoisotopic (exact) mass is 266 g/mol. The molecule has 0 aromatic heterocycles. The highest BCUT2D eigenvalue weighted by molar-refractivity contribution is 5.85. The molecule has 0 bridgehead atoms. The first-order chi connectivity index (χ1) is 7.56. The van der Waals surface area contributed by atoms with E-state index < -0.39 is 0 Å². The Labute approximate surface area is 109 Å². The Hall–Kier alpha value is -0.360. The number of carbonyl (C=O) groups excluding carboxylic acids is 1. The third kappa shape index (κ3) is 5.21. The molecule has 0 saturated carbocycles. The lowest BCUT2D eigenvalue weighted by atomic mass is 10.2. The maximum atomic E-state index is 12.0. The van der Waals surface area contributed by atoms with E-state index in [0.29, 0.717) is 26.1 Å². The number of methoxy groups -OCH3 is 1. The molecule has 1 amide bonds. The molecule has 0 aromatic rings. The molecular formula is C11H23ClN2O3. The third-order valence-corrected chi connectivity index (χ3v) is 2.77. The summed E-state index contributed by atoms with van der Waals surface area (Å²) in [5.41, 5.74) is 5.50. The van der Waals surface area contributed by atoms with Crippen molar-refractivity contribution >= 4 is 18.3 Å². The molecule has 0 aliphatic carbocycles. The minimum Gasteiger partial charge on any atom is -0.380 e. The van der Waals surface area contributed by atoms with Gasteiger partial charge in [-0.2, -0.15) is 0 Å². The van der Waals surface area contributed by atoms with Crippen LogP contribution < -0.4 is 5.73 Å². The number of rotatable bonds is 4. The van der Waals surface area contributed by atoms with E-state index in [1.165, 1.54) is 0 Å². The molecule has 1 heterocycles. The summed E-state index contributed by atoms with van der Waals surface area (Å²) >= 11 is 0. The molecule has 1 saturated heterocycles. The summed E-state index contributed by atoms with van der Waals surface area (Å²) in [5.74, 6) is 0.0966. The fourth-order valence-corrected chi connectivity index (χ4v) is 1.97. The molecule has 102 valence electrons. The van der Waals surface area contributed by atoms with E-state index in [1.807, 2.05) is 18.7 Å². The summed E-state index contributed by atoms with van der Waals surface area (Å²) in [7, 11) is 1.58. The lowest BCUT2D eigenvalue weighted by Gasteiger charge is -2.35. The molecule has 0 aromatic carbocycles. The summed E-state index contributed by atoms with van der Waals surface area (Å²) < 4.78 is 10.7. The zero-order chi connectivity index (χ0) is 12.1. The fraction of sp³-hybridized carbons (Fsp3) is 0.909. The van der Waals surface area contributed by atoms with E-state index in [4.69, 9.17) is 15.2 Å². The SMILES string of the molecule is COC(CN)CC(=O)N1CC(C)OC(C)C1.Cl. The van der Waals surface area contributed by atoms with Crippen LogP contribution in [-0.4, -0.2) is 55.9 Å². The lowest BCUT2D eigenvalue weighted by molar-refractivity contribution is -0.145. The minimum absolute atomic E-state index is 0. The van der Waals surface area contributed by atoms with E-state index in [-0.39, 0.29) is 36.6 Å². The van der Waals surface area contributed by atoms with E-state index >= 15 is 0 Å². The zero-order valence-corrected chi connectivity index (χ0v) is 11.5. The summed E-state index contributed by atoms with van der Waals surface area (Å²) in [4.78, 5) is 13.8. The smallest absolute Gasteiger partial charge is 0.225 e. The summed E-state index contributed by atoms with van der Waals surface area (Å²) in [6.45, 7) is 5.64. The van der Waals surface area contributed by atoms with Gasteiger partial charge >= 0.3 is 0 Å². The Kier molecular flexibility index (Phi) is 7.70. The number of ether oxygens (including phenoxy) is 2. The second-order valence-electron chi connectivity index (χ2n) is 4.35. The van der Waals surface area contributed by atoms with Crippen LogP contribution in [-0.2, 0) is 14.3 Å². The molecule has 3 unspecified atom stereocenters. The number of nitrogens with zero attached hydrogens (tertiary/aromatic N) is 1. The second-order valence-corrected chi connectivity index (χ2v) is 4.35. The molecule has 0 radical (unpaired) electrons. The number of morpholine rings is 1. The topological polar surface area (TPSA) is 64.8 Å². The number of carbonyl (C=O) groups is 1. The quantitative estimate of drug-likeness (QED) is 0.800. The Bertz CT molecular complexity index is 227. The van der Waals surface area contributed by atoms with Gasteiger partial charge in [-0.05, 0) is 13.8 Å². The average Bonchev–Trinajstić information content (AvgIpc) is 2.24. The van der Waals surface area contributed by atoms with Crippen molar-refractivity contribution in [3.05, 3.63) is 0 Å². The van der Waals surface area contributed by atoms with Gasteiger partial charge in [-0.25, -0.2) is 0 Å². The molecule has 17 heavy (non-hydrogen) atoms. The molecule has 1 aliphatic rings. The number of nitrogens with two attached hydrogens (primary N) is 1. The highest BCUT2D eigenvalue weighted by Crippen LogP contribution is 2.12. The maximum Gasteiger partial charge on any atom is 0.225 e. The van der Waals surface area contributed by atoms with Gasteiger partial charge in [0.15, 0.2) is 0 Å². The van der Waals surface area contributed by atoms with Crippen molar-refractivity contribution in [2.75, 3.05) is 26.7 Å². The van der Waals surface area contributed by atoms with Crippen LogP contribution in [0.2, 0.25) is 0 Å². The highest BCUT2D eigenvalue weighted by atomic mass is 35.5. The van der Waals surface area contributed by atoms with Crippen LogP contribution in [0.5, 0.6) is 0 Å². The predicted octanol–water partition coefficient (Wildman–Crippen LogP) is 0.408. The average molecular weight is 267 g/mol. The Morgan fingerprint density at radius 3 is 2.41 bits per heavy atom. The van der Waals surface area contributed by atoms with Crippen molar-refractivity contribution in [1.29, 1.82) is 0 Å². The lowest BCUT2D eigenvalue weighted by Crippen LogP contribution is -2.49. The van der Waals surface area contributed by atoms with Gasteiger partial charge in [0.25, 0.3) is 0 Å². The van der Waals surface area contributed by atoms with Gasteiger partial charge in [0.2, 0.25) is 5.91 Å². The Morgan fingerprint density at radius 2 is 2.00 bits per heavy atom. The first kappa shape index (κ1) is 16.6. The molecule has 0 spiro atoms. The van der Waals surface area contributed by atoms with Crippen LogP contribution in [0.3, 0.4) is 0 Å². The largest absolute Gasteiger partial charge is 0.380 e. The van der Waals surface area contributed by atoms with Gasteiger partial charge in [0.05, 0.1) is 24.7 Å². The van der Waals surface area contributed by atoms with Crippen molar-refractivity contribution in [2.24, 2.45) is 5.73 Å². The van der Waals surface area contributed by atoms with E-state index in [9.17, 15) is 4.79 Å². The van der Waals surface area contributed by atoms with Gasteiger partial charge < -0.3 is 20.1 Å². The maximum absolute atomic E-state index is 12.0. The van der Waals surface area contributed by atoms with Crippen LogP contribution >= 0.6 is 12.4 Å². The van der Waals surface area contributed by atoms with Crippen LogP contribution in [0.15, 0.2) is 0 Å². The fourth-order valence-electron chi connectivity index (χ4n) is 1.97. The Morgan fingerprint density at radius 1 is 1.47 bits per heavy atom.